The Balaban J connectivity index is 2.62. The minimum atomic E-state index is -0.353. The number of ether oxygens (including phenoxy) is 1. The van der Waals surface area contributed by atoms with E-state index in [2.05, 4.69) is 34.2 Å². The van der Waals surface area contributed by atoms with E-state index in [4.69, 9.17) is 0 Å². The van der Waals surface area contributed by atoms with Gasteiger partial charge in [0.25, 0.3) is 0 Å². The van der Waals surface area contributed by atoms with Crippen molar-refractivity contribution in [3.63, 3.8) is 0 Å². The molecule has 0 aromatic carbocycles. The van der Waals surface area contributed by atoms with Gasteiger partial charge >= 0.3 is 5.97 Å². The first-order valence-corrected chi connectivity index (χ1v) is 5.36. The second kappa shape index (κ2) is 5.24. The first kappa shape index (κ1) is 11.4. The van der Waals surface area contributed by atoms with Gasteiger partial charge < -0.3 is 9.64 Å². The van der Waals surface area contributed by atoms with Gasteiger partial charge in [-0.2, -0.15) is 12.6 Å². The summed E-state index contributed by atoms with van der Waals surface area (Å²) in [6.45, 7) is 3.66. The second-order valence-corrected chi connectivity index (χ2v) is 3.50. The first-order chi connectivity index (χ1) is 6.72. The molecule has 0 saturated carbocycles. The minimum absolute atomic E-state index is 0.261. The number of amidine groups is 1. The highest BCUT2D eigenvalue weighted by Gasteiger charge is 2.29. The lowest BCUT2D eigenvalue weighted by Gasteiger charge is -2.18. The van der Waals surface area contributed by atoms with E-state index < -0.39 is 0 Å². The molecule has 0 aromatic rings. The molecule has 4 nitrogen and oxygen atoms in total. The Labute approximate surface area is 89.7 Å². The summed E-state index contributed by atoms with van der Waals surface area (Å²) in [5.74, 6) is 1.21. The fourth-order valence-electron chi connectivity index (χ4n) is 1.51. The molecule has 0 radical (unpaired) electrons. The number of hydrogen-bond acceptors (Lipinski definition) is 5. The molecule has 0 aliphatic carbocycles. The molecule has 14 heavy (non-hydrogen) atoms. The van der Waals surface area contributed by atoms with E-state index >= 15 is 0 Å². The molecule has 1 aliphatic rings. The summed E-state index contributed by atoms with van der Waals surface area (Å²) in [4.78, 5) is 17.6. The third kappa shape index (κ3) is 2.41. The van der Waals surface area contributed by atoms with Crippen molar-refractivity contribution in [2.45, 2.75) is 19.4 Å². The average Bonchev–Trinajstić information content (AvgIpc) is 2.60. The maximum absolute atomic E-state index is 11.2. The van der Waals surface area contributed by atoms with Crippen LogP contribution in [0, 0.1) is 0 Å². The standard InChI is InChI=1S/C9H16N2O2S/c1-3-4-11-5-7(9(12)13-2)10-8(11)6-14/h7,14H,3-6H2,1-2H3. The summed E-state index contributed by atoms with van der Waals surface area (Å²) >= 11 is 4.18. The summed E-state index contributed by atoms with van der Waals surface area (Å²) < 4.78 is 4.66. The molecular weight excluding hydrogens is 200 g/mol. The Morgan fingerprint density at radius 2 is 2.50 bits per heavy atom. The molecule has 1 heterocycles. The maximum atomic E-state index is 11.2. The summed E-state index contributed by atoms with van der Waals surface area (Å²) in [7, 11) is 1.39. The zero-order chi connectivity index (χ0) is 10.6. The topological polar surface area (TPSA) is 41.9 Å². The van der Waals surface area contributed by atoms with Crippen molar-refractivity contribution in [1.29, 1.82) is 0 Å². The number of nitrogens with zero attached hydrogens (tertiary/aromatic N) is 2. The molecule has 0 aromatic heterocycles. The van der Waals surface area contributed by atoms with Crippen LogP contribution in [0.3, 0.4) is 0 Å². The van der Waals surface area contributed by atoms with Crippen LogP contribution in [0.1, 0.15) is 13.3 Å². The van der Waals surface area contributed by atoms with Gasteiger partial charge in [-0.05, 0) is 6.42 Å². The van der Waals surface area contributed by atoms with Crippen molar-refractivity contribution < 1.29 is 9.53 Å². The number of esters is 1. The number of aliphatic imine (C=N–C) groups is 1. The van der Waals surface area contributed by atoms with Crippen molar-refractivity contribution in [3.8, 4) is 0 Å². The van der Waals surface area contributed by atoms with Gasteiger partial charge in [-0.3, -0.25) is 4.99 Å². The molecule has 0 amide bonds. The normalized spacial score (nSPS) is 20.9. The Bertz CT molecular complexity index is 243. The fourth-order valence-corrected chi connectivity index (χ4v) is 1.79. The quantitative estimate of drug-likeness (QED) is 0.552. The average molecular weight is 216 g/mol. The van der Waals surface area contributed by atoms with Gasteiger partial charge in [0.15, 0.2) is 6.04 Å². The predicted octanol–water partition coefficient (Wildman–Crippen LogP) is 0.582. The molecule has 0 fully saturated rings. The molecule has 1 atom stereocenters. The molecule has 1 rings (SSSR count). The molecule has 0 saturated heterocycles. The molecule has 0 spiro atoms. The number of rotatable bonds is 4. The number of hydrogen-bond donors (Lipinski definition) is 1. The molecule has 80 valence electrons. The van der Waals surface area contributed by atoms with Gasteiger partial charge in [0.2, 0.25) is 0 Å². The van der Waals surface area contributed by atoms with Gasteiger partial charge in [-0.25, -0.2) is 4.79 Å². The van der Waals surface area contributed by atoms with Gasteiger partial charge in [-0.15, -0.1) is 0 Å². The largest absolute Gasteiger partial charge is 0.467 e. The van der Waals surface area contributed by atoms with Crippen LogP contribution < -0.4 is 0 Å². The molecule has 0 bridgehead atoms. The van der Waals surface area contributed by atoms with Crippen LogP contribution in [-0.2, 0) is 9.53 Å². The van der Waals surface area contributed by atoms with Crippen LogP contribution in [0.25, 0.3) is 0 Å². The van der Waals surface area contributed by atoms with Crippen molar-refractivity contribution in [2.75, 3.05) is 26.0 Å². The Hall–Kier alpha value is -0.710. The zero-order valence-corrected chi connectivity index (χ0v) is 9.46. The van der Waals surface area contributed by atoms with Crippen LogP contribution in [0.2, 0.25) is 0 Å². The Kier molecular flexibility index (Phi) is 4.25. The lowest BCUT2D eigenvalue weighted by atomic mass is 10.3. The van der Waals surface area contributed by atoms with Crippen molar-refractivity contribution in [2.24, 2.45) is 4.99 Å². The molecular formula is C9H16N2O2S. The van der Waals surface area contributed by atoms with E-state index in [1.165, 1.54) is 7.11 Å². The second-order valence-electron chi connectivity index (χ2n) is 3.19. The van der Waals surface area contributed by atoms with E-state index in [1.807, 2.05) is 0 Å². The van der Waals surface area contributed by atoms with E-state index in [0.717, 1.165) is 18.8 Å². The maximum Gasteiger partial charge on any atom is 0.332 e. The summed E-state index contributed by atoms with van der Waals surface area (Å²) in [5, 5.41) is 0. The highest BCUT2D eigenvalue weighted by Crippen LogP contribution is 2.11. The number of thiol groups is 1. The van der Waals surface area contributed by atoms with Crippen molar-refractivity contribution in [1.82, 2.24) is 4.90 Å². The van der Waals surface area contributed by atoms with Crippen molar-refractivity contribution in [3.05, 3.63) is 0 Å². The third-order valence-corrected chi connectivity index (χ3v) is 2.45. The summed E-state index contributed by atoms with van der Waals surface area (Å²) in [6, 6.07) is -0.353. The Morgan fingerprint density at radius 3 is 3.00 bits per heavy atom. The van der Waals surface area contributed by atoms with Crippen LogP contribution >= 0.6 is 12.6 Å². The number of methoxy groups -OCH3 is 1. The summed E-state index contributed by atoms with van der Waals surface area (Å²) in [5.41, 5.74) is 0. The van der Waals surface area contributed by atoms with Crippen LogP contribution in [0.4, 0.5) is 0 Å². The SMILES string of the molecule is CCCN1CC(C(=O)OC)N=C1CS. The summed E-state index contributed by atoms with van der Waals surface area (Å²) in [6.07, 6.45) is 1.04. The van der Waals surface area contributed by atoms with E-state index in [1.54, 1.807) is 0 Å². The fraction of sp³-hybridized carbons (Fsp3) is 0.778. The third-order valence-electron chi connectivity index (χ3n) is 2.17. The van der Waals surface area contributed by atoms with Crippen LogP contribution in [-0.4, -0.2) is 48.7 Å². The van der Waals surface area contributed by atoms with Gasteiger partial charge in [0.1, 0.15) is 5.84 Å². The highest BCUT2D eigenvalue weighted by molar-refractivity contribution is 7.81. The van der Waals surface area contributed by atoms with Gasteiger partial charge in [0, 0.05) is 12.3 Å². The zero-order valence-electron chi connectivity index (χ0n) is 8.56. The lowest BCUT2D eigenvalue weighted by molar-refractivity contribution is -0.141. The van der Waals surface area contributed by atoms with E-state index in [9.17, 15) is 4.79 Å². The first-order valence-electron chi connectivity index (χ1n) is 4.73. The minimum Gasteiger partial charge on any atom is -0.467 e. The number of carbonyl (C=O) groups is 1. The lowest BCUT2D eigenvalue weighted by Crippen LogP contribution is -2.33. The van der Waals surface area contributed by atoms with Gasteiger partial charge in [0.05, 0.1) is 13.7 Å². The molecule has 5 heteroatoms. The predicted molar refractivity (Wildman–Crippen MR) is 59.0 cm³/mol. The monoisotopic (exact) mass is 216 g/mol. The smallest absolute Gasteiger partial charge is 0.332 e. The highest BCUT2D eigenvalue weighted by atomic mass is 32.1. The van der Waals surface area contributed by atoms with E-state index in [0.29, 0.717) is 12.3 Å². The Morgan fingerprint density at radius 1 is 1.79 bits per heavy atom. The molecule has 1 aliphatic heterocycles. The molecule has 0 N–H and O–H groups in total. The van der Waals surface area contributed by atoms with Crippen molar-refractivity contribution >= 4 is 24.4 Å². The van der Waals surface area contributed by atoms with Crippen LogP contribution in [0.5, 0.6) is 0 Å². The number of carbonyl (C=O) groups excluding carboxylic acids is 1. The van der Waals surface area contributed by atoms with Crippen LogP contribution in [0.15, 0.2) is 4.99 Å². The molecule has 1 unspecified atom stereocenters. The van der Waals surface area contributed by atoms with E-state index in [-0.39, 0.29) is 12.0 Å². The van der Waals surface area contributed by atoms with Gasteiger partial charge in [-0.1, -0.05) is 6.92 Å².